The van der Waals surface area contributed by atoms with Gasteiger partial charge in [0.2, 0.25) is 0 Å². The first kappa shape index (κ1) is 13.8. The lowest BCUT2D eigenvalue weighted by atomic mass is 10.2. The van der Waals surface area contributed by atoms with Gasteiger partial charge in [0.05, 0.1) is 0 Å². The summed E-state index contributed by atoms with van der Waals surface area (Å²) in [7, 11) is 0. The molecule has 4 nitrogen and oxygen atoms in total. The number of hydrogen-bond donors (Lipinski definition) is 1. The highest BCUT2D eigenvalue weighted by Gasteiger charge is 2.17. The van der Waals surface area contributed by atoms with E-state index in [2.05, 4.69) is 4.98 Å². The lowest BCUT2D eigenvalue weighted by Gasteiger charge is -2.20. The Bertz CT molecular complexity index is 436. The van der Waals surface area contributed by atoms with Crippen molar-refractivity contribution < 1.29 is 4.79 Å². The summed E-state index contributed by atoms with van der Waals surface area (Å²) < 4.78 is 0. The van der Waals surface area contributed by atoms with Gasteiger partial charge in [-0.15, -0.1) is 11.6 Å². The maximum atomic E-state index is 12.1. The fourth-order valence-electron chi connectivity index (χ4n) is 1.60. The molecule has 0 aliphatic carbocycles. The van der Waals surface area contributed by atoms with Crippen molar-refractivity contribution in [2.45, 2.75) is 20.3 Å². The number of H-pyrrole nitrogens is 1. The van der Waals surface area contributed by atoms with Crippen LogP contribution < -0.4 is 5.43 Å². The van der Waals surface area contributed by atoms with Crippen LogP contribution in [-0.4, -0.2) is 34.8 Å². The summed E-state index contributed by atoms with van der Waals surface area (Å²) in [6.07, 6.45) is 2.31. The molecule has 1 aromatic rings. The Hall–Kier alpha value is -1.29. The molecule has 0 atom stereocenters. The number of carbonyl (C=O) groups excluding carboxylic acids is 1. The molecule has 5 heteroatoms. The first-order valence-electron chi connectivity index (χ1n) is 5.64. The average Bonchev–Trinajstić information content (AvgIpc) is 2.28. The molecule has 0 fully saturated rings. The number of aryl methyl sites for hydroxylation is 1. The fraction of sp³-hybridized carbons (Fsp3) is 0.500. The number of aromatic amines is 1. The van der Waals surface area contributed by atoms with Crippen molar-refractivity contribution in [2.24, 2.45) is 0 Å². The predicted octanol–water partition coefficient (Wildman–Crippen LogP) is 1.77. The second-order valence-electron chi connectivity index (χ2n) is 3.88. The number of carbonyl (C=O) groups is 1. The van der Waals surface area contributed by atoms with Crippen LogP contribution in [0.2, 0.25) is 0 Å². The largest absolute Gasteiger partial charge is 0.364 e. The van der Waals surface area contributed by atoms with Gasteiger partial charge >= 0.3 is 0 Å². The minimum Gasteiger partial charge on any atom is -0.364 e. The summed E-state index contributed by atoms with van der Waals surface area (Å²) in [6.45, 7) is 4.83. The molecule has 1 aromatic heterocycles. The van der Waals surface area contributed by atoms with Crippen LogP contribution in [0.3, 0.4) is 0 Å². The molecule has 94 valence electrons. The van der Waals surface area contributed by atoms with E-state index in [4.69, 9.17) is 11.6 Å². The molecule has 1 heterocycles. The van der Waals surface area contributed by atoms with Gasteiger partial charge in [0.25, 0.3) is 5.91 Å². The number of halogens is 1. The SMILES string of the molecule is CCCN(CCCl)C(=O)c1c[nH]c(C)cc1=O. The maximum Gasteiger partial charge on any atom is 0.259 e. The van der Waals surface area contributed by atoms with Gasteiger partial charge in [-0.25, -0.2) is 0 Å². The number of aromatic nitrogens is 1. The van der Waals surface area contributed by atoms with Crippen molar-refractivity contribution in [3.63, 3.8) is 0 Å². The molecule has 0 aromatic carbocycles. The molecule has 0 aliphatic rings. The minimum absolute atomic E-state index is 0.175. The van der Waals surface area contributed by atoms with Crippen molar-refractivity contribution >= 4 is 17.5 Å². The number of amides is 1. The zero-order chi connectivity index (χ0) is 12.8. The van der Waals surface area contributed by atoms with E-state index >= 15 is 0 Å². The van der Waals surface area contributed by atoms with Gasteiger partial charge in [0.1, 0.15) is 5.56 Å². The van der Waals surface area contributed by atoms with E-state index in [1.54, 1.807) is 11.8 Å². The topological polar surface area (TPSA) is 53.2 Å². The molecule has 0 saturated carbocycles. The number of alkyl halides is 1. The highest BCUT2D eigenvalue weighted by atomic mass is 35.5. The zero-order valence-corrected chi connectivity index (χ0v) is 10.9. The molecule has 17 heavy (non-hydrogen) atoms. The van der Waals surface area contributed by atoms with Crippen molar-refractivity contribution in [1.82, 2.24) is 9.88 Å². The third-order valence-electron chi connectivity index (χ3n) is 2.42. The lowest BCUT2D eigenvalue weighted by molar-refractivity contribution is 0.0764. The van der Waals surface area contributed by atoms with Crippen molar-refractivity contribution in [3.05, 3.63) is 33.7 Å². The molecule has 0 aliphatic heterocycles. The van der Waals surface area contributed by atoms with Gasteiger partial charge in [0.15, 0.2) is 5.43 Å². The van der Waals surface area contributed by atoms with Crippen LogP contribution in [-0.2, 0) is 0 Å². The maximum absolute atomic E-state index is 12.1. The zero-order valence-electron chi connectivity index (χ0n) is 10.1. The molecule has 0 bridgehead atoms. The molecule has 0 unspecified atom stereocenters. The third kappa shape index (κ3) is 3.60. The Labute approximate surface area is 106 Å². The second-order valence-corrected chi connectivity index (χ2v) is 4.25. The normalized spacial score (nSPS) is 10.3. The standard InChI is InChI=1S/C12H17ClN2O2/c1-3-5-15(6-4-13)12(17)10-8-14-9(2)7-11(10)16/h7-8H,3-6H2,1-2H3,(H,14,16). The van der Waals surface area contributed by atoms with Crippen LogP contribution in [0.4, 0.5) is 0 Å². The van der Waals surface area contributed by atoms with Gasteiger partial charge in [-0.3, -0.25) is 9.59 Å². The Balaban J connectivity index is 2.96. The van der Waals surface area contributed by atoms with Crippen LogP contribution >= 0.6 is 11.6 Å². The second kappa shape index (κ2) is 6.45. The van der Waals surface area contributed by atoms with Crippen LogP contribution in [0.25, 0.3) is 0 Å². The smallest absolute Gasteiger partial charge is 0.259 e. The molecule has 0 radical (unpaired) electrons. The van der Waals surface area contributed by atoms with E-state index in [0.717, 1.165) is 12.1 Å². The fourth-order valence-corrected chi connectivity index (χ4v) is 1.80. The van der Waals surface area contributed by atoms with Gasteiger partial charge in [-0.05, 0) is 13.3 Å². The first-order valence-corrected chi connectivity index (χ1v) is 6.18. The van der Waals surface area contributed by atoms with Crippen LogP contribution in [0.5, 0.6) is 0 Å². The van der Waals surface area contributed by atoms with Crippen molar-refractivity contribution in [3.8, 4) is 0 Å². The van der Waals surface area contributed by atoms with E-state index in [-0.39, 0.29) is 16.9 Å². The molecular weight excluding hydrogens is 240 g/mol. The quantitative estimate of drug-likeness (QED) is 0.817. The highest BCUT2D eigenvalue weighted by Crippen LogP contribution is 2.02. The van der Waals surface area contributed by atoms with Gasteiger partial charge in [-0.2, -0.15) is 0 Å². The van der Waals surface area contributed by atoms with Crippen molar-refractivity contribution in [1.29, 1.82) is 0 Å². The van der Waals surface area contributed by atoms with E-state index in [1.165, 1.54) is 12.3 Å². The third-order valence-corrected chi connectivity index (χ3v) is 2.59. The van der Waals surface area contributed by atoms with Gasteiger partial charge in [0, 0.05) is 36.9 Å². The van der Waals surface area contributed by atoms with Gasteiger partial charge < -0.3 is 9.88 Å². The Kier molecular flexibility index (Phi) is 5.22. The Morgan fingerprint density at radius 3 is 2.71 bits per heavy atom. The van der Waals surface area contributed by atoms with Crippen LogP contribution in [0.1, 0.15) is 29.4 Å². The highest BCUT2D eigenvalue weighted by molar-refractivity contribution is 6.18. The monoisotopic (exact) mass is 256 g/mol. The number of pyridine rings is 1. The first-order chi connectivity index (χ1) is 8.10. The summed E-state index contributed by atoms with van der Waals surface area (Å²) >= 11 is 5.65. The summed E-state index contributed by atoms with van der Waals surface area (Å²) in [4.78, 5) is 28.3. The average molecular weight is 257 g/mol. The van der Waals surface area contributed by atoms with E-state index in [1.807, 2.05) is 6.92 Å². The number of rotatable bonds is 5. The van der Waals surface area contributed by atoms with E-state index in [9.17, 15) is 9.59 Å². The molecule has 1 rings (SSSR count). The van der Waals surface area contributed by atoms with Crippen molar-refractivity contribution in [2.75, 3.05) is 19.0 Å². The molecule has 1 amide bonds. The molecule has 1 N–H and O–H groups in total. The lowest BCUT2D eigenvalue weighted by Crippen LogP contribution is -2.36. The summed E-state index contributed by atoms with van der Waals surface area (Å²) in [5, 5.41) is 0. The van der Waals surface area contributed by atoms with E-state index in [0.29, 0.717) is 19.0 Å². The number of nitrogens with one attached hydrogen (secondary N) is 1. The molecular formula is C12H17ClN2O2. The van der Waals surface area contributed by atoms with Crippen LogP contribution in [0, 0.1) is 6.92 Å². The minimum atomic E-state index is -0.256. The molecule has 0 spiro atoms. The number of hydrogen-bond acceptors (Lipinski definition) is 2. The molecule has 0 saturated heterocycles. The van der Waals surface area contributed by atoms with E-state index < -0.39 is 0 Å². The number of nitrogens with zero attached hydrogens (tertiary/aromatic N) is 1. The Morgan fingerprint density at radius 2 is 2.18 bits per heavy atom. The Morgan fingerprint density at radius 1 is 1.47 bits per heavy atom. The predicted molar refractivity (Wildman–Crippen MR) is 68.7 cm³/mol. The summed E-state index contributed by atoms with van der Waals surface area (Å²) in [5.41, 5.74) is 0.669. The van der Waals surface area contributed by atoms with Gasteiger partial charge in [-0.1, -0.05) is 6.92 Å². The summed E-state index contributed by atoms with van der Waals surface area (Å²) in [6, 6.07) is 1.43. The van der Waals surface area contributed by atoms with Crippen LogP contribution in [0.15, 0.2) is 17.1 Å². The summed E-state index contributed by atoms with van der Waals surface area (Å²) in [5.74, 6) is 0.115.